The third kappa shape index (κ3) is 3.08. The van der Waals surface area contributed by atoms with Gasteiger partial charge in [-0.2, -0.15) is 0 Å². The number of hydrogen-bond acceptors (Lipinski definition) is 2. The summed E-state index contributed by atoms with van der Waals surface area (Å²) in [5, 5.41) is -0.170. The number of nitrogens with zero attached hydrogens (tertiary/aromatic N) is 1. The Labute approximate surface area is 97.8 Å². The Morgan fingerprint density at radius 3 is 2.00 bits per heavy atom. The smallest absolute Gasteiger partial charge is 0.212 e. The second kappa shape index (κ2) is 5.02. The summed E-state index contributed by atoms with van der Waals surface area (Å²) in [6.45, 7) is 6.69. The molecule has 0 amide bonds. The van der Waals surface area contributed by atoms with Crippen LogP contribution in [0.25, 0.3) is 0 Å². The standard InChI is InChI=1S/C10H20ClNO2S/c1-8(2)15(13,14)12-6-4-10(5-7-12)9(3)11/h8-10H,4-7H2,1-3H3. The van der Waals surface area contributed by atoms with E-state index in [1.807, 2.05) is 6.92 Å². The third-order valence-electron chi connectivity index (χ3n) is 3.10. The number of piperidine rings is 1. The molecule has 15 heavy (non-hydrogen) atoms. The Morgan fingerprint density at radius 1 is 1.20 bits per heavy atom. The van der Waals surface area contributed by atoms with Crippen LogP contribution in [0.2, 0.25) is 0 Å². The Kier molecular flexibility index (Phi) is 4.44. The van der Waals surface area contributed by atoms with E-state index in [0.29, 0.717) is 19.0 Å². The first-order valence-corrected chi connectivity index (χ1v) is 7.42. The lowest BCUT2D eigenvalue weighted by molar-refractivity contribution is 0.270. The van der Waals surface area contributed by atoms with Crippen molar-refractivity contribution in [2.75, 3.05) is 13.1 Å². The van der Waals surface area contributed by atoms with E-state index in [1.54, 1.807) is 18.2 Å². The van der Waals surface area contributed by atoms with Crippen molar-refractivity contribution in [2.45, 2.75) is 44.2 Å². The van der Waals surface area contributed by atoms with Gasteiger partial charge < -0.3 is 0 Å². The number of rotatable bonds is 3. The molecule has 0 N–H and O–H groups in total. The molecule has 0 aromatic carbocycles. The lowest BCUT2D eigenvalue weighted by Gasteiger charge is -2.33. The van der Waals surface area contributed by atoms with Crippen LogP contribution in [-0.4, -0.2) is 36.4 Å². The number of halogens is 1. The van der Waals surface area contributed by atoms with Gasteiger partial charge in [0.1, 0.15) is 0 Å². The Bertz CT molecular complexity index is 293. The molecular formula is C10H20ClNO2S. The molecule has 1 saturated heterocycles. The van der Waals surface area contributed by atoms with Gasteiger partial charge in [-0.1, -0.05) is 0 Å². The van der Waals surface area contributed by atoms with Crippen LogP contribution in [0.3, 0.4) is 0 Å². The lowest BCUT2D eigenvalue weighted by Crippen LogP contribution is -2.43. The minimum atomic E-state index is -3.06. The molecule has 0 bridgehead atoms. The van der Waals surface area contributed by atoms with Gasteiger partial charge in [0, 0.05) is 18.5 Å². The van der Waals surface area contributed by atoms with Crippen LogP contribution in [-0.2, 0) is 10.0 Å². The molecule has 1 fully saturated rings. The molecule has 1 aliphatic rings. The zero-order valence-electron chi connectivity index (χ0n) is 9.61. The summed E-state index contributed by atoms with van der Waals surface area (Å²) in [7, 11) is -3.06. The van der Waals surface area contributed by atoms with Gasteiger partial charge in [0.2, 0.25) is 10.0 Å². The Balaban J connectivity index is 2.58. The molecule has 1 aliphatic heterocycles. The monoisotopic (exact) mass is 253 g/mol. The van der Waals surface area contributed by atoms with Crippen molar-refractivity contribution in [3.63, 3.8) is 0 Å². The first kappa shape index (κ1) is 13.3. The predicted octanol–water partition coefficient (Wildman–Crippen LogP) is 2.06. The van der Waals surface area contributed by atoms with Crippen LogP contribution in [0.15, 0.2) is 0 Å². The van der Waals surface area contributed by atoms with Gasteiger partial charge >= 0.3 is 0 Å². The molecule has 0 radical (unpaired) electrons. The van der Waals surface area contributed by atoms with E-state index in [1.165, 1.54) is 0 Å². The van der Waals surface area contributed by atoms with E-state index in [4.69, 9.17) is 11.6 Å². The zero-order valence-corrected chi connectivity index (χ0v) is 11.2. The molecule has 0 spiro atoms. The van der Waals surface area contributed by atoms with Gasteiger partial charge in [-0.15, -0.1) is 11.6 Å². The minimum absolute atomic E-state index is 0.147. The molecule has 1 atom stereocenters. The van der Waals surface area contributed by atoms with Gasteiger partial charge in [-0.3, -0.25) is 0 Å². The summed E-state index contributed by atoms with van der Waals surface area (Å²) >= 11 is 6.01. The third-order valence-corrected chi connectivity index (χ3v) is 5.74. The van der Waals surface area contributed by atoms with Crippen molar-refractivity contribution < 1.29 is 8.42 Å². The fraction of sp³-hybridized carbons (Fsp3) is 1.00. The summed E-state index contributed by atoms with van der Waals surface area (Å²) in [4.78, 5) is 0. The normalized spacial score (nSPS) is 23.3. The van der Waals surface area contributed by atoms with E-state index in [-0.39, 0.29) is 10.6 Å². The van der Waals surface area contributed by atoms with E-state index in [2.05, 4.69) is 0 Å². The largest absolute Gasteiger partial charge is 0.216 e. The van der Waals surface area contributed by atoms with Crippen LogP contribution in [0, 0.1) is 5.92 Å². The molecule has 3 nitrogen and oxygen atoms in total. The highest BCUT2D eigenvalue weighted by Crippen LogP contribution is 2.26. The average molecular weight is 254 g/mol. The SMILES string of the molecule is CC(Cl)C1CCN(S(=O)(=O)C(C)C)CC1. The maximum Gasteiger partial charge on any atom is 0.216 e. The van der Waals surface area contributed by atoms with Crippen molar-refractivity contribution in [3.05, 3.63) is 0 Å². The van der Waals surface area contributed by atoms with Gasteiger partial charge in [-0.25, -0.2) is 12.7 Å². The molecule has 0 aliphatic carbocycles. The van der Waals surface area contributed by atoms with E-state index >= 15 is 0 Å². The van der Waals surface area contributed by atoms with Crippen molar-refractivity contribution in [1.82, 2.24) is 4.31 Å². The molecule has 0 aromatic heterocycles. The maximum atomic E-state index is 11.9. The summed E-state index contributed by atoms with van der Waals surface area (Å²) < 4.78 is 25.3. The van der Waals surface area contributed by atoms with Crippen molar-refractivity contribution in [3.8, 4) is 0 Å². The van der Waals surface area contributed by atoms with E-state index in [9.17, 15) is 8.42 Å². The number of sulfonamides is 1. The summed E-state index contributed by atoms with van der Waals surface area (Å²) in [6, 6.07) is 0. The second-order valence-corrected chi connectivity index (χ2v) is 7.69. The quantitative estimate of drug-likeness (QED) is 0.722. The zero-order chi connectivity index (χ0) is 11.6. The van der Waals surface area contributed by atoms with Crippen molar-refractivity contribution in [2.24, 2.45) is 5.92 Å². The van der Waals surface area contributed by atoms with Gasteiger partial charge in [0.25, 0.3) is 0 Å². The summed E-state index contributed by atoms with van der Waals surface area (Å²) in [5.41, 5.74) is 0. The molecular weight excluding hydrogens is 234 g/mol. The highest BCUT2D eigenvalue weighted by molar-refractivity contribution is 7.89. The Hall–Kier alpha value is 0.200. The molecule has 1 heterocycles. The van der Waals surface area contributed by atoms with Crippen molar-refractivity contribution >= 4 is 21.6 Å². The lowest BCUT2D eigenvalue weighted by atomic mass is 9.95. The Morgan fingerprint density at radius 2 is 1.67 bits per heavy atom. The fourth-order valence-corrected chi connectivity index (χ4v) is 3.46. The van der Waals surface area contributed by atoms with Gasteiger partial charge in [-0.05, 0) is 39.5 Å². The van der Waals surface area contributed by atoms with Crippen LogP contribution in [0.5, 0.6) is 0 Å². The molecule has 5 heteroatoms. The highest BCUT2D eigenvalue weighted by atomic mass is 35.5. The van der Waals surface area contributed by atoms with Gasteiger partial charge in [0.15, 0.2) is 0 Å². The number of alkyl halides is 1. The first-order chi connectivity index (χ1) is 6.85. The second-order valence-electron chi connectivity index (χ2n) is 4.51. The summed E-state index contributed by atoms with van der Waals surface area (Å²) in [6.07, 6.45) is 1.77. The van der Waals surface area contributed by atoms with Crippen LogP contribution >= 0.6 is 11.6 Å². The minimum Gasteiger partial charge on any atom is -0.212 e. The first-order valence-electron chi connectivity index (χ1n) is 5.48. The van der Waals surface area contributed by atoms with Crippen LogP contribution in [0.1, 0.15) is 33.6 Å². The van der Waals surface area contributed by atoms with E-state index in [0.717, 1.165) is 12.8 Å². The molecule has 1 unspecified atom stereocenters. The molecule has 90 valence electrons. The maximum absolute atomic E-state index is 11.9. The molecule has 0 aromatic rings. The van der Waals surface area contributed by atoms with Crippen LogP contribution < -0.4 is 0 Å². The summed E-state index contributed by atoms with van der Waals surface area (Å²) in [5.74, 6) is 0.463. The van der Waals surface area contributed by atoms with E-state index < -0.39 is 10.0 Å². The topological polar surface area (TPSA) is 37.4 Å². The van der Waals surface area contributed by atoms with Crippen LogP contribution in [0.4, 0.5) is 0 Å². The van der Waals surface area contributed by atoms with Gasteiger partial charge in [0.05, 0.1) is 5.25 Å². The average Bonchev–Trinajstić information content (AvgIpc) is 2.17. The number of hydrogen-bond donors (Lipinski definition) is 0. The molecule has 1 rings (SSSR count). The predicted molar refractivity (Wildman–Crippen MR) is 63.7 cm³/mol. The molecule has 0 saturated carbocycles. The highest BCUT2D eigenvalue weighted by Gasteiger charge is 2.31. The van der Waals surface area contributed by atoms with Crippen molar-refractivity contribution in [1.29, 1.82) is 0 Å². The fourth-order valence-electron chi connectivity index (χ4n) is 1.89.